The number of anilines is 1. The van der Waals surface area contributed by atoms with E-state index in [1.807, 2.05) is 35.8 Å². The second kappa shape index (κ2) is 3.10. The van der Waals surface area contributed by atoms with Gasteiger partial charge in [0, 0.05) is 11.2 Å². The quantitative estimate of drug-likeness (QED) is 0.482. The summed E-state index contributed by atoms with van der Waals surface area (Å²) in [7, 11) is 1.87. The smallest absolute Gasteiger partial charge is 0.380 e. The van der Waals surface area contributed by atoms with Gasteiger partial charge in [0.1, 0.15) is 0 Å². The molecule has 0 fully saturated rings. The summed E-state index contributed by atoms with van der Waals surface area (Å²) in [6.45, 7) is 0. The summed E-state index contributed by atoms with van der Waals surface area (Å²) >= 11 is 0. The third-order valence-electron chi connectivity index (χ3n) is 1.67. The van der Waals surface area contributed by atoms with Gasteiger partial charge in [-0.1, -0.05) is 6.07 Å². The maximum absolute atomic E-state index is 5.61. The minimum Gasteiger partial charge on any atom is -1.00 e. The first-order valence-corrected chi connectivity index (χ1v) is 3.38. The van der Waals surface area contributed by atoms with E-state index in [4.69, 9.17) is 5.73 Å². The summed E-state index contributed by atoms with van der Waals surface area (Å²) in [4.78, 5) is 0. The predicted molar refractivity (Wildman–Crippen MR) is 40.8 cm³/mol. The van der Waals surface area contributed by atoms with Gasteiger partial charge in [-0.3, -0.25) is 0 Å². The van der Waals surface area contributed by atoms with E-state index in [1.165, 1.54) is 0 Å². The predicted octanol–water partition coefficient (Wildman–Crippen LogP) is -3.25. The number of hydrogen-bond acceptors (Lipinski definition) is 2. The zero-order chi connectivity index (χ0) is 7.84. The number of nitrogens with two attached hydrogens (primary N) is 1. The van der Waals surface area contributed by atoms with Crippen LogP contribution in [0.2, 0.25) is 0 Å². The number of pyridine rings is 1. The summed E-state index contributed by atoms with van der Waals surface area (Å²) in [6.07, 6.45) is 1.89. The van der Waals surface area contributed by atoms with Gasteiger partial charge in [0.25, 0.3) is 0 Å². The SMILES string of the molecule is Cn1nc(N)[n+]2ccccc12.[Br-]. The molecule has 64 valence electrons. The Hall–Kier alpha value is -1.10. The standard InChI is InChI=1S/C7H9N4.BrH/c1-10-6-4-2-3-5-11(6)7(8)9-10;/h2-5H,1H3,(H2,8,9);1H/q+1;/p-1. The maximum Gasteiger partial charge on any atom is 0.380 e. The summed E-state index contributed by atoms with van der Waals surface area (Å²) in [5.41, 5.74) is 6.60. The molecule has 12 heavy (non-hydrogen) atoms. The third kappa shape index (κ3) is 1.16. The van der Waals surface area contributed by atoms with Crippen LogP contribution in [0.5, 0.6) is 0 Å². The van der Waals surface area contributed by atoms with Crippen molar-refractivity contribution in [3.05, 3.63) is 24.4 Å². The van der Waals surface area contributed by atoms with Crippen molar-refractivity contribution >= 4 is 11.6 Å². The van der Waals surface area contributed by atoms with E-state index in [-0.39, 0.29) is 17.0 Å². The molecule has 2 N–H and O–H groups in total. The van der Waals surface area contributed by atoms with Gasteiger partial charge in [-0.05, 0) is 6.07 Å². The molecule has 4 nitrogen and oxygen atoms in total. The molecule has 0 saturated carbocycles. The number of halogens is 1. The van der Waals surface area contributed by atoms with E-state index >= 15 is 0 Å². The van der Waals surface area contributed by atoms with Crippen LogP contribution in [0.25, 0.3) is 5.65 Å². The lowest BCUT2D eigenvalue weighted by molar-refractivity contribution is -0.496. The Labute approximate surface area is 80.4 Å². The summed E-state index contributed by atoms with van der Waals surface area (Å²) in [6, 6.07) is 5.84. The highest BCUT2D eigenvalue weighted by Gasteiger charge is 2.09. The molecule has 0 spiro atoms. The molecular weight excluding hydrogens is 220 g/mol. The van der Waals surface area contributed by atoms with Gasteiger partial charge in [0.2, 0.25) is 5.65 Å². The van der Waals surface area contributed by atoms with Crippen LogP contribution in [0.1, 0.15) is 0 Å². The zero-order valence-electron chi connectivity index (χ0n) is 6.61. The Kier molecular flexibility index (Phi) is 2.32. The van der Waals surface area contributed by atoms with Gasteiger partial charge in [-0.15, -0.1) is 4.68 Å². The molecule has 5 heteroatoms. The summed E-state index contributed by atoms with van der Waals surface area (Å²) in [5, 5.41) is 4.05. The Morgan fingerprint density at radius 2 is 2.25 bits per heavy atom. The van der Waals surface area contributed by atoms with E-state index < -0.39 is 0 Å². The van der Waals surface area contributed by atoms with Crippen molar-refractivity contribution in [3.8, 4) is 0 Å². The second-order valence-corrected chi connectivity index (χ2v) is 2.41. The van der Waals surface area contributed by atoms with Gasteiger partial charge in [0.15, 0.2) is 0 Å². The number of hydrogen-bond donors (Lipinski definition) is 1. The Balaban J connectivity index is 0.000000720. The molecule has 0 amide bonds. The van der Waals surface area contributed by atoms with Crippen molar-refractivity contribution in [3.63, 3.8) is 0 Å². The average Bonchev–Trinajstić information content (AvgIpc) is 2.30. The molecule has 0 radical (unpaired) electrons. The molecule has 0 aliphatic carbocycles. The van der Waals surface area contributed by atoms with E-state index in [1.54, 1.807) is 4.68 Å². The van der Waals surface area contributed by atoms with Crippen LogP contribution in [-0.2, 0) is 7.05 Å². The van der Waals surface area contributed by atoms with E-state index in [0.717, 1.165) is 5.65 Å². The first-order valence-electron chi connectivity index (χ1n) is 3.38. The first-order chi connectivity index (χ1) is 5.29. The highest BCUT2D eigenvalue weighted by molar-refractivity contribution is 5.31. The first kappa shape index (κ1) is 8.99. The molecule has 0 aliphatic heterocycles. The van der Waals surface area contributed by atoms with Crippen LogP contribution in [0.3, 0.4) is 0 Å². The van der Waals surface area contributed by atoms with Crippen LogP contribution in [0, 0.1) is 0 Å². The summed E-state index contributed by atoms with van der Waals surface area (Å²) in [5.74, 6) is 0.517. The molecular formula is C7H9BrN4. The van der Waals surface area contributed by atoms with Crippen LogP contribution in [0.4, 0.5) is 5.95 Å². The Morgan fingerprint density at radius 1 is 1.50 bits per heavy atom. The topological polar surface area (TPSA) is 47.9 Å². The lowest BCUT2D eigenvalue weighted by Crippen LogP contribution is -3.00. The van der Waals surface area contributed by atoms with Gasteiger partial charge in [0.05, 0.1) is 13.2 Å². The largest absolute Gasteiger partial charge is 1.00 e. The molecule has 0 aliphatic rings. The van der Waals surface area contributed by atoms with Crippen molar-refractivity contribution in [1.82, 2.24) is 9.78 Å². The van der Waals surface area contributed by atoms with Crippen molar-refractivity contribution in [2.45, 2.75) is 0 Å². The fourth-order valence-electron chi connectivity index (χ4n) is 1.14. The lowest BCUT2D eigenvalue weighted by Gasteiger charge is -1.85. The normalized spacial score (nSPS) is 9.75. The highest BCUT2D eigenvalue weighted by atomic mass is 79.9. The molecule has 0 atom stereocenters. The van der Waals surface area contributed by atoms with Gasteiger partial charge < -0.3 is 22.7 Å². The van der Waals surface area contributed by atoms with Crippen molar-refractivity contribution in [2.24, 2.45) is 7.05 Å². The lowest BCUT2D eigenvalue weighted by atomic mass is 10.5. The zero-order valence-corrected chi connectivity index (χ0v) is 8.19. The van der Waals surface area contributed by atoms with Crippen molar-refractivity contribution < 1.29 is 21.4 Å². The fraction of sp³-hybridized carbons (Fsp3) is 0.143. The van der Waals surface area contributed by atoms with Gasteiger partial charge in [-0.25, -0.2) is 0 Å². The molecule has 2 aromatic rings. The van der Waals surface area contributed by atoms with Crippen LogP contribution in [-0.4, -0.2) is 9.78 Å². The monoisotopic (exact) mass is 228 g/mol. The number of nitrogen functional groups attached to an aromatic ring is 1. The number of nitrogens with zero attached hydrogens (tertiary/aromatic N) is 3. The van der Waals surface area contributed by atoms with Crippen LogP contribution < -0.4 is 27.1 Å². The minimum atomic E-state index is 0. The molecule has 0 saturated heterocycles. The number of aromatic nitrogens is 3. The number of rotatable bonds is 0. The highest BCUT2D eigenvalue weighted by Crippen LogP contribution is 1.96. The fourth-order valence-corrected chi connectivity index (χ4v) is 1.14. The third-order valence-corrected chi connectivity index (χ3v) is 1.67. The second-order valence-electron chi connectivity index (χ2n) is 2.41. The molecule has 0 bridgehead atoms. The van der Waals surface area contributed by atoms with Crippen molar-refractivity contribution in [2.75, 3.05) is 5.73 Å². The molecule has 0 aromatic carbocycles. The van der Waals surface area contributed by atoms with Crippen LogP contribution >= 0.6 is 0 Å². The average molecular weight is 229 g/mol. The molecule has 0 unspecified atom stereocenters. The molecule has 2 heterocycles. The minimum absolute atomic E-state index is 0. The molecule has 2 rings (SSSR count). The summed E-state index contributed by atoms with van der Waals surface area (Å²) < 4.78 is 3.58. The van der Waals surface area contributed by atoms with E-state index in [0.29, 0.717) is 5.95 Å². The Morgan fingerprint density at radius 3 is 2.92 bits per heavy atom. The van der Waals surface area contributed by atoms with Gasteiger partial charge in [-0.2, -0.15) is 4.40 Å². The van der Waals surface area contributed by atoms with Gasteiger partial charge >= 0.3 is 5.95 Å². The van der Waals surface area contributed by atoms with E-state index in [9.17, 15) is 0 Å². The van der Waals surface area contributed by atoms with Crippen molar-refractivity contribution in [1.29, 1.82) is 0 Å². The number of fused-ring (bicyclic) bond motifs is 1. The number of aryl methyl sites for hydroxylation is 1. The van der Waals surface area contributed by atoms with E-state index in [2.05, 4.69) is 5.10 Å². The molecule has 2 aromatic heterocycles. The van der Waals surface area contributed by atoms with Crippen LogP contribution in [0.15, 0.2) is 24.4 Å². The Bertz CT molecular complexity index is 359. The maximum atomic E-state index is 5.61.